The Hall–Kier alpha value is -2.50. The number of aliphatic hydroxyl groups is 1. The zero-order valence-corrected chi connectivity index (χ0v) is 17.5. The van der Waals surface area contributed by atoms with Gasteiger partial charge in [-0.25, -0.2) is 4.39 Å². The molecule has 0 bridgehead atoms. The van der Waals surface area contributed by atoms with Crippen molar-refractivity contribution in [2.45, 2.75) is 50.6 Å². The molecule has 0 saturated heterocycles. The van der Waals surface area contributed by atoms with Gasteiger partial charge in [0.15, 0.2) is 11.5 Å². The van der Waals surface area contributed by atoms with E-state index in [0.717, 1.165) is 12.5 Å². The number of ether oxygens (including phenoxy) is 1. The summed E-state index contributed by atoms with van der Waals surface area (Å²) in [6.45, 7) is 0.913. The van der Waals surface area contributed by atoms with Gasteiger partial charge in [0.1, 0.15) is 5.82 Å². The minimum Gasteiger partial charge on any atom is -0.393 e. The summed E-state index contributed by atoms with van der Waals surface area (Å²) in [6.07, 6.45) is -2.75. The van der Waals surface area contributed by atoms with Crippen molar-refractivity contribution in [2.75, 3.05) is 20.3 Å². The van der Waals surface area contributed by atoms with Gasteiger partial charge in [0, 0.05) is 37.4 Å². The molecule has 3 rings (SSSR count). The lowest BCUT2D eigenvalue weighted by molar-refractivity contribution is -0.139. The van der Waals surface area contributed by atoms with Crippen LogP contribution in [0, 0.1) is 5.82 Å². The normalized spacial score (nSPS) is 19.2. The summed E-state index contributed by atoms with van der Waals surface area (Å²) >= 11 is 0. The Bertz CT molecular complexity index is 932. The molecule has 0 spiro atoms. The average Bonchev–Trinajstić information content (AvgIpc) is 3.14. The van der Waals surface area contributed by atoms with Gasteiger partial charge >= 0.3 is 6.18 Å². The molecule has 0 unspecified atom stereocenters. The number of carbonyl (C=O) groups is 1. The van der Waals surface area contributed by atoms with Crippen LogP contribution in [-0.4, -0.2) is 48.6 Å². The zero-order valence-electron chi connectivity index (χ0n) is 17.5. The maximum Gasteiger partial charge on any atom is 0.419 e. The molecule has 1 fully saturated rings. The van der Waals surface area contributed by atoms with E-state index >= 15 is 0 Å². The Morgan fingerprint density at radius 3 is 2.78 bits per heavy atom. The summed E-state index contributed by atoms with van der Waals surface area (Å²) in [6, 6.07) is 2.17. The van der Waals surface area contributed by atoms with Crippen molar-refractivity contribution < 1.29 is 36.7 Å². The molecule has 1 amide bonds. The lowest BCUT2D eigenvalue weighted by atomic mass is 9.93. The molecule has 176 valence electrons. The highest BCUT2D eigenvalue weighted by Crippen LogP contribution is 2.35. The average molecular weight is 459 g/mol. The van der Waals surface area contributed by atoms with Crippen LogP contribution in [-0.2, 0) is 17.5 Å². The van der Waals surface area contributed by atoms with Crippen molar-refractivity contribution in [1.29, 1.82) is 0 Å². The number of aliphatic hydroxyl groups excluding tert-OH is 1. The first kappa shape index (κ1) is 24.1. The van der Waals surface area contributed by atoms with Gasteiger partial charge in [0.05, 0.1) is 18.3 Å². The van der Waals surface area contributed by atoms with Gasteiger partial charge in [0.25, 0.3) is 5.91 Å². The molecule has 7 nitrogen and oxygen atoms in total. The van der Waals surface area contributed by atoms with E-state index in [1.807, 2.05) is 0 Å². The zero-order chi connectivity index (χ0) is 23.3. The lowest BCUT2D eigenvalue weighted by Crippen LogP contribution is -2.40. The number of aromatic nitrogens is 1. The van der Waals surface area contributed by atoms with E-state index in [2.05, 4.69) is 15.8 Å². The predicted molar refractivity (Wildman–Crippen MR) is 106 cm³/mol. The van der Waals surface area contributed by atoms with Gasteiger partial charge in [-0.05, 0) is 37.8 Å². The molecular formula is C21H25F4N3O4. The lowest BCUT2D eigenvalue weighted by Gasteiger charge is -2.26. The van der Waals surface area contributed by atoms with Crippen molar-refractivity contribution in [3.63, 3.8) is 0 Å². The minimum absolute atomic E-state index is 0.00336. The molecule has 2 aromatic rings. The van der Waals surface area contributed by atoms with Crippen LogP contribution in [0.1, 0.15) is 47.3 Å². The highest BCUT2D eigenvalue weighted by Gasteiger charge is 2.34. The van der Waals surface area contributed by atoms with Gasteiger partial charge in [-0.15, -0.1) is 0 Å². The molecule has 11 heteroatoms. The molecule has 2 atom stereocenters. The van der Waals surface area contributed by atoms with Crippen LogP contribution >= 0.6 is 0 Å². The molecule has 1 saturated carbocycles. The van der Waals surface area contributed by atoms with E-state index in [9.17, 15) is 27.5 Å². The fourth-order valence-corrected chi connectivity index (χ4v) is 3.70. The molecular weight excluding hydrogens is 434 g/mol. The summed E-state index contributed by atoms with van der Waals surface area (Å²) in [5.41, 5.74) is -1.13. The maximum absolute atomic E-state index is 14.1. The van der Waals surface area contributed by atoms with E-state index in [1.165, 1.54) is 7.11 Å². The number of methoxy groups -OCH3 is 1. The molecule has 1 aliphatic rings. The summed E-state index contributed by atoms with van der Waals surface area (Å²) in [7, 11) is 1.52. The smallest absolute Gasteiger partial charge is 0.393 e. The summed E-state index contributed by atoms with van der Waals surface area (Å²) in [4.78, 5) is 12.8. The quantitative estimate of drug-likeness (QED) is 0.414. The van der Waals surface area contributed by atoms with E-state index in [0.29, 0.717) is 44.5 Å². The third-order valence-corrected chi connectivity index (χ3v) is 5.31. The Morgan fingerprint density at radius 2 is 2.12 bits per heavy atom. The number of nitrogens with zero attached hydrogens (tertiary/aromatic N) is 1. The Balaban J connectivity index is 1.88. The minimum atomic E-state index is -4.83. The van der Waals surface area contributed by atoms with E-state index in [-0.39, 0.29) is 35.2 Å². The monoisotopic (exact) mass is 459 g/mol. The molecule has 1 heterocycles. The third kappa shape index (κ3) is 5.84. The van der Waals surface area contributed by atoms with E-state index in [4.69, 9.17) is 9.26 Å². The second-order valence-corrected chi connectivity index (χ2v) is 7.69. The maximum atomic E-state index is 14.1. The fourth-order valence-electron chi connectivity index (χ4n) is 3.70. The Morgan fingerprint density at radius 1 is 1.34 bits per heavy atom. The summed E-state index contributed by atoms with van der Waals surface area (Å²) < 4.78 is 63.0. The SMILES string of the molecule is COCCNCc1c(C(=O)N[C@@H]2CCC[C@H](O)C2)noc1-c1ccc(C(F)(F)F)c(F)c1. The second-order valence-electron chi connectivity index (χ2n) is 7.69. The van der Waals surface area contributed by atoms with Crippen LogP contribution in [0.5, 0.6) is 0 Å². The summed E-state index contributed by atoms with van der Waals surface area (Å²) in [5.74, 6) is -1.99. The van der Waals surface area contributed by atoms with Gasteiger partial charge in [0.2, 0.25) is 0 Å². The molecule has 1 aromatic heterocycles. The number of amides is 1. The molecule has 3 N–H and O–H groups in total. The Kier molecular flexibility index (Phi) is 7.86. The van der Waals surface area contributed by atoms with Crippen molar-refractivity contribution in [1.82, 2.24) is 15.8 Å². The van der Waals surface area contributed by atoms with Crippen LogP contribution in [0.4, 0.5) is 17.6 Å². The van der Waals surface area contributed by atoms with Crippen LogP contribution in [0.25, 0.3) is 11.3 Å². The van der Waals surface area contributed by atoms with Gasteiger partial charge in [-0.1, -0.05) is 11.2 Å². The van der Waals surface area contributed by atoms with Crippen molar-refractivity contribution >= 4 is 5.91 Å². The van der Waals surface area contributed by atoms with Gasteiger partial charge < -0.3 is 25.0 Å². The highest BCUT2D eigenvalue weighted by atomic mass is 19.4. The standard InChI is InChI=1S/C21H25F4N3O4/c1-31-8-7-26-11-15-18(20(30)27-13-3-2-4-14(29)10-13)28-32-19(15)12-5-6-16(17(22)9-12)21(23,24)25/h5-6,9,13-14,26,29H,2-4,7-8,10-11H2,1H3,(H,27,30)/t13-,14+/m1/s1. The van der Waals surface area contributed by atoms with Crippen molar-refractivity contribution in [3.8, 4) is 11.3 Å². The van der Waals surface area contributed by atoms with Crippen LogP contribution < -0.4 is 10.6 Å². The first-order valence-corrected chi connectivity index (χ1v) is 10.2. The number of nitrogens with one attached hydrogen (secondary N) is 2. The topological polar surface area (TPSA) is 96.6 Å². The number of halogens is 4. The van der Waals surface area contributed by atoms with Crippen molar-refractivity contribution in [2.24, 2.45) is 0 Å². The highest BCUT2D eigenvalue weighted by molar-refractivity contribution is 5.95. The van der Waals surface area contributed by atoms with Crippen LogP contribution in [0.15, 0.2) is 22.7 Å². The van der Waals surface area contributed by atoms with Crippen molar-refractivity contribution in [3.05, 3.63) is 40.8 Å². The molecule has 1 aliphatic carbocycles. The molecule has 1 aromatic carbocycles. The molecule has 0 radical (unpaired) electrons. The third-order valence-electron chi connectivity index (χ3n) is 5.31. The first-order valence-electron chi connectivity index (χ1n) is 10.2. The van der Waals surface area contributed by atoms with Crippen LogP contribution in [0.2, 0.25) is 0 Å². The van der Waals surface area contributed by atoms with E-state index in [1.54, 1.807) is 0 Å². The largest absolute Gasteiger partial charge is 0.419 e. The number of benzene rings is 1. The van der Waals surface area contributed by atoms with Gasteiger partial charge in [-0.3, -0.25) is 4.79 Å². The van der Waals surface area contributed by atoms with Crippen LogP contribution in [0.3, 0.4) is 0 Å². The van der Waals surface area contributed by atoms with E-state index < -0.39 is 29.6 Å². The molecule has 32 heavy (non-hydrogen) atoms. The fraction of sp³-hybridized carbons (Fsp3) is 0.524. The first-order chi connectivity index (χ1) is 15.2. The predicted octanol–water partition coefficient (Wildman–Crippen LogP) is 3.27. The number of hydrogen-bond acceptors (Lipinski definition) is 6. The summed E-state index contributed by atoms with van der Waals surface area (Å²) in [5, 5.41) is 19.5. The number of alkyl halides is 3. The number of hydrogen-bond donors (Lipinski definition) is 3. The number of carbonyl (C=O) groups excluding carboxylic acids is 1. The number of rotatable bonds is 8. The second kappa shape index (κ2) is 10.4. The van der Waals surface area contributed by atoms with Gasteiger partial charge in [-0.2, -0.15) is 13.2 Å². The Labute approximate surface area is 182 Å². The molecule has 0 aliphatic heterocycles.